The molecule has 2 heterocycles. The molecule has 0 spiro atoms. The number of anilines is 1. The van der Waals surface area contributed by atoms with Gasteiger partial charge in [0.05, 0.1) is 0 Å². The fraction of sp³-hybridized carbons (Fsp3) is 0.600. The van der Waals surface area contributed by atoms with E-state index in [1.54, 1.807) is 0 Å². The SMILES string of the molecule is CN1C2CCC1CN(c1ccc(CN)cc1)CC2. The number of hydrogen-bond donors (Lipinski definition) is 1. The predicted octanol–water partition coefficient (Wildman–Crippen LogP) is 1.82. The second-order valence-corrected chi connectivity index (χ2v) is 5.66. The summed E-state index contributed by atoms with van der Waals surface area (Å²) >= 11 is 0. The second-order valence-electron chi connectivity index (χ2n) is 5.66. The molecule has 18 heavy (non-hydrogen) atoms. The quantitative estimate of drug-likeness (QED) is 0.862. The summed E-state index contributed by atoms with van der Waals surface area (Å²) in [6.07, 6.45) is 4.05. The first kappa shape index (κ1) is 12.0. The molecule has 2 saturated heterocycles. The Morgan fingerprint density at radius 1 is 1.11 bits per heavy atom. The zero-order chi connectivity index (χ0) is 12.5. The van der Waals surface area contributed by atoms with Crippen LogP contribution in [0.3, 0.4) is 0 Å². The Morgan fingerprint density at radius 2 is 1.83 bits per heavy atom. The molecule has 1 aromatic rings. The normalized spacial score (nSPS) is 28.4. The zero-order valence-corrected chi connectivity index (χ0v) is 11.2. The van der Waals surface area contributed by atoms with Gasteiger partial charge in [-0.25, -0.2) is 0 Å². The van der Waals surface area contributed by atoms with Crippen molar-refractivity contribution in [2.45, 2.75) is 37.9 Å². The van der Waals surface area contributed by atoms with Crippen molar-refractivity contribution in [3.8, 4) is 0 Å². The number of nitrogens with zero attached hydrogens (tertiary/aromatic N) is 2. The molecule has 0 aromatic heterocycles. The summed E-state index contributed by atoms with van der Waals surface area (Å²) in [6, 6.07) is 10.3. The summed E-state index contributed by atoms with van der Waals surface area (Å²) in [5.74, 6) is 0. The molecule has 0 radical (unpaired) electrons. The highest BCUT2D eigenvalue weighted by molar-refractivity contribution is 5.48. The van der Waals surface area contributed by atoms with Gasteiger partial charge in [-0.3, -0.25) is 4.90 Å². The van der Waals surface area contributed by atoms with Gasteiger partial charge in [-0.1, -0.05) is 12.1 Å². The van der Waals surface area contributed by atoms with Gasteiger partial charge in [0.15, 0.2) is 0 Å². The van der Waals surface area contributed by atoms with E-state index in [4.69, 9.17) is 5.73 Å². The molecule has 2 unspecified atom stereocenters. The van der Waals surface area contributed by atoms with Crippen molar-refractivity contribution in [1.82, 2.24) is 4.90 Å². The van der Waals surface area contributed by atoms with Crippen LogP contribution in [0.2, 0.25) is 0 Å². The minimum absolute atomic E-state index is 0.633. The minimum atomic E-state index is 0.633. The summed E-state index contributed by atoms with van der Waals surface area (Å²) in [6.45, 7) is 3.00. The lowest BCUT2D eigenvalue weighted by Gasteiger charge is -2.27. The van der Waals surface area contributed by atoms with Gasteiger partial charge >= 0.3 is 0 Å². The van der Waals surface area contributed by atoms with E-state index in [1.165, 1.54) is 43.6 Å². The lowest BCUT2D eigenvalue weighted by Crippen LogP contribution is -2.36. The van der Waals surface area contributed by atoms with Crippen LogP contribution in [0.1, 0.15) is 24.8 Å². The van der Waals surface area contributed by atoms with Gasteiger partial charge in [-0.2, -0.15) is 0 Å². The van der Waals surface area contributed by atoms with E-state index >= 15 is 0 Å². The number of rotatable bonds is 2. The smallest absolute Gasteiger partial charge is 0.0366 e. The van der Waals surface area contributed by atoms with Crippen molar-refractivity contribution in [2.75, 3.05) is 25.0 Å². The van der Waals surface area contributed by atoms with E-state index in [2.05, 4.69) is 41.1 Å². The molecule has 3 rings (SSSR count). The van der Waals surface area contributed by atoms with Gasteiger partial charge in [0, 0.05) is 37.4 Å². The first-order valence-electron chi connectivity index (χ1n) is 7.04. The summed E-state index contributed by atoms with van der Waals surface area (Å²) in [5, 5.41) is 0. The van der Waals surface area contributed by atoms with Crippen LogP contribution in [-0.4, -0.2) is 37.1 Å². The average molecular weight is 245 g/mol. The zero-order valence-electron chi connectivity index (χ0n) is 11.2. The van der Waals surface area contributed by atoms with Crippen molar-refractivity contribution >= 4 is 5.69 Å². The highest BCUT2D eigenvalue weighted by atomic mass is 15.3. The topological polar surface area (TPSA) is 32.5 Å². The van der Waals surface area contributed by atoms with Gasteiger partial charge in [0.2, 0.25) is 0 Å². The summed E-state index contributed by atoms with van der Waals surface area (Å²) in [4.78, 5) is 5.13. The van der Waals surface area contributed by atoms with E-state index < -0.39 is 0 Å². The molecule has 2 atom stereocenters. The third-order valence-corrected chi connectivity index (χ3v) is 4.69. The summed E-state index contributed by atoms with van der Waals surface area (Å²) in [5.41, 5.74) is 8.22. The number of benzene rings is 1. The van der Waals surface area contributed by atoms with Crippen molar-refractivity contribution in [1.29, 1.82) is 0 Å². The summed E-state index contributed by atoms with van der Waals surface area (Å²) < 4.78 is 0. The van der Waals surface area contributed by atoms with E-state index in [-0.39, 0.29) is 0 Å². The molecule has 0 amide bonds. The molecule has 3 heteroatoms. The lowest BCUT2D eigenvalue weighted by molar-refractivity contribution is 0.254. The molecule has 2 N–H and O–H groups in total. The van der Waals surface area contributed by atoms with Gasteiger partial charge < -0.3 is 10.6 Å². The van der Waals surface area contributed by atoms with Crippen LogP contribution >= 0.6 is 0 Å². The van der Waals surface area contributed by atoms with Crippen LogP contribution in [0.4, 0.5) is 5.69 Å². The number of likely N-dealkylation sites (N-methyl/N-ethyl adjacent to an activating group) is 1. The largest absolute Gasteiger partial charge is 0.370 e. The van der Waals surface area contributed by atoms with E-state index in [0.717, 1.165) is 12.1 Å². The van der Waals surface area contributed by atoms with Crippen molar-refractivity contribution in [3.63, 3.8) is 0 Å². The Bertz CT molecular complexity index is 401. The maximum atomic E-state index is 5.65. The van der Waals surface area contributed by atoms with Crippen LogP contribution in [0.5, 0.6) is 0 Å². The van der Waals surface area contributed by atoms with Crippen LogP contribution in [0.25, 0.3) is 0 Å². The molecule has 2 fully saturated rings. The van der Waals surface area contributed by atoms with Gasteiger partial charge in [-0.15, -0.1) is 0 Å². The number of fused-ring (bicyclic) bond motifs is 2. The predicted molar refractivity (Wildman–Crippen MR) is 75.7 cm³/mol. The summed E-state index contributed by atoms with van der Waals surface area (Å²) in [7, 11) is 2.29. The highest BCUT2D eigenvalue weighted by Gasteiger charge is 2.34. The average Bonchev–Trinajstić information content (AvgIpc) is 2.64. The third kappa shape index (κ3) is 2.13. The molecule has 2 aliphatic rings. The first-order valence-corrected chi connectivity index (χ1v) is 7.04. The maximum Gasteiger partial charge on any atom is 0.0366 e. The molecular weight excluding hydrogens is 222 g/mol. The molecule has 98 valence electrons. The lowest BCUT2D eigenvalue weighted by atomic mass is 10.1. The molecule has 0 saturated carbocycles. The van der Waals surface area contributed by atoms with E-state index in [1.807, 2.05) is 0 Å². The highest BCUT2D eigenvalue weighted by Crippen LogP contribution is 2.30. The Morgan fingerprint density at radius 3 is 2.56 bits per heavy atom. The van der Waals surface area contributed by atoms with Gasteiger partial charge in [0.25, 0.3) is 0 Å². The minimum Gasteiger partial charge on any atom is -0.370 e. The number of hydrogen-bond acceptors (Lipinski definition) is 3. The Kier molecular flexibility index (Phi) is 3.27. The molecular formula is C15H23N3. The van der Waals surface area contributed by atoms with E-state index in [0.29, 0.717) is 6.54 Å². The van der Waals surface area contributed by atoms with Crippen LogP contribution in [0, 0.1) is 0 Å². The molecule has 0 aliphatic carbocycles. The van der Waals surface area contributed by atoms with Crippen LogP contribution < -0.4 is 10.6 Å². The van der Waals surface area contributed by atoms with Gasteiger partial charge in [-0.05, 0) is 44.0 Å². The van der Waals surface area contributed by atoms with Crippen molar-refractivity contribution in [2.24, 2.45) is 5.73 Å². The Balaban J connectivity index is 1.76. The molecule has 1 aromatic carbocycles. The maximum absolute atomic E-state index is 5.65. The van der Waals surface area contributed by atoms with E-state index in [9.17, 15) is 0 Å². The third-order valence-electron chi connectivity index (χ3n) is 4.69. The Labute approximate surface area is 110 Å². The monoisotopic (exact) mass is 245 g/mol. The Hall–Kier alpha value is -1.06. The van der Waals surface area contributed by atoms with Crippen molar-refractivity contribution in [3.05, 3.63) is 29.8 Å². The number of nitrogens with two attached hydrogens (primary N) is 1. The van der Waals surface area contributed by atoms with Crippen LogP contribution in [-0.2, 0) is 6.54 Å². The first-order chi connectivity index (χ1) is 8.78. The van der Waals surface area contributed by atoms with Crippen molar-refractivity contribution < 1.29 is 0 Å². The van der Waals surface area contributed by atoms with Gasteiger partial charge in [0.1, 0.15) is 0 Å². The molecule has 3 nitrogen and oxygen atoms in total. The second kappa shape index (κ2) is 4.90. The fourth-order valence-corrected chi connectivity index (χ4v) is 3.39. The molecule has 2 aliphatic heterocycles. The standard InChI is InChI=1S/C15H23N3/c1-17-13-6-7-15(17)11-18(9-8-13)14-4-2-12(10-16)3-5-14/h2-5,13,15H,6-11,16H2,1H3. The van der Waals surface area contributed by atoms with Crippen LogP contribution in [0.15, 0.2) is 24.3 Å². The fourth-order valence-electron chi connectivity index (χ4n) is 3.39. The molecule has 2 bridgehead atoms.